The maximum Gasteiger partial charge on any atom is 0.326 e. The topological polar surface area (TPSA) is 104 Å². The zero-order chi connectivity index (χ0) is 20.4. The average molecular weight is 389 g/mol. The fraction of sp³-hybridized carbons (Fsp3) is 0.600. The van der Waals surface area contributed by atoms with Crippen LogP contribution in [0, 0.1) is 22.0 Å². The molecule has 2 fully saturated rings. The highest BCUT2D eigenvalue weighted by molar-refractivity contribution is 5.98. The predicted octanol–water partition coefficient (Wildman–Crippen LogP) is 3.16. The van der Waals surface area contributed by atoms with Gasteiger partial charge in [0.1, 0.15) is 11.7 Å². The number of carbonyl (C=O) groups excluding carboxylic acids is 1. The van der Waals surface area contributed by atoms with Gasteiger partial charge in [-0.15, -0.1) is 0 Å². The van der Waals surface area contributed by atoms with Crippen molar-refractivity contribution in [3.63, 3.8) is 0 Å². The van der Waals surface area contributed by atoms with Gasteiger partial charge in [0.05, 0.1) is 4.92 Å². The Bertz CT molecular complexity index is 771. The van der Waals surface area contributed by atoms with Crippen LogP contribution in [0.3, 0.4) is 0 Å². The van der Waals surface area contributed by atoms with Crippen LogP contribution in [0.1, 0.15) is 49.9 Å². The summed E-state index contributed by atoms with van der Waals surface area (Å²) in [5, 5.41) is 21.1. The molecule has 2 aliphatic rings. The largest absolute Gasteiger partial charge is 0.480 e. The number of hydrogen-bond acceptors (Lipinski definition) is 5. The zero-order valence-corrected chi connectivity index (χ0v) is 16.3. The fourth-order valence-electron chi connectivity index (χ4n) is 4.53. The Kier molecular flexibility index (Phi) is 5.86. The van der Waals surface area contributed by atoms with Crippen molar-refractivity contribution in [2.24, 2.45) is 11.8 Å². The third-order valence-corrected chi connectivity index (χ3v) is 5.68. The Morgan fingerprint density at radius 1 is 1.18 bits per heavy atom. The maximum absolute atomic E-state index is 12.9. The van der Waals surface area contributed by atoms with Crippen molar-refractivity contribution >= 4 is 23.3 Å². The molecule has 0 radical (unpaired) electrons. The number of aliphatic carboxylic acids is 1. The van der Waals surface area contributed by atoms with Crippen LogP contribution in [0.4, 0.5) is 11.4 Å². The van der Waals surface area contributed by atoms with Crippen molar-refractivity contribution in [1.29, 1.82) is 0 Å². The minimum atomic E-state index is -1.03. The molecule has 28 heavy (non-hydrogen) atoms. The summed E-state index contributed by atoms with van der Waals surface area (Å²) in [6.45, 7) is 6.10. The summed E-state index contributed by atoms with van der Waals surface area (Å²) < 4.78 is 0. The fourth-order valence-corrected chi connectivity index (χ4v) is 4.53. The summed E-state index contributed by atoms with van der Waals surface area (Å²) in [7, 11) is 0. The van der Waals surface area contributed by atoms with Gasteiger partial charge in [-0.25, -0.2) is 4.79 Å². The average Bonchev–Trinajstić information content (AvgIpc) is 2.66. The number of piperidine rings is 2. The summed E-state index contributed by atoms with van der Waals surface area (Å²) in [6.07, 6.45) is 2.99. The van der Waals surface area contributed by atoms with Crippen LogP contribution in [0.25, 0.3) is 0 Å². The van der Waals surface area contributed by atoms with E-state index in [4.69, 9.17) is 0 Å². The number of benzene rings is 1. The van der Waals surface area contributed by atoms with E-state index in [0.29, 0.717) is 30.5 Å². The van der Waals surface area contributed by atoms with E-state index in [9.17, 15) is 24.8 Å². The monoisotopic (exact) mass is 389 g/mol. The molecule has 0 aliphatic carbocycles. The smallest absolute Gasteiger partial charge is 0.326 e. The first-order valence-corrected chi connectivity index (χ1v) is 9.85. The van der Waals surface area contributed by atoms with Crippen molar-refractivity contribution in [2.75, 3.05) is 24.5 Å². The van der Waals surface area contributed by atoms with E-state index in [2.05, 4.69) is 13.8 Å². The van der Waals surface area contributed by atoms with Gasteiger partial charge < -0.3 is 14.9 Å². The number of rotatable bonds is 4. The number of carbonyl (C=O) groups is 2. The van der Waals surface area contributed by atoms with Crippen molar-refractivity contribution in [1.82, 2.24) is 4.90 Å². The molecule has 1 aromatic carbocycles. The van der Waals surface area contributed by atoms with Gasteiger partial charge in [0.25, 0.3) is 11.6 Å². The zero-order valence-electron chi connectivity index (χ0n) is 16.3. The van der Waals surface area contributed by atoms with Gasteiger partial charge in [0, 0.05) is 31.3 Å². The normalized spacial score (nSPS) is 25.4. The minimum Gasteiger partial charge on any atom is -0.480 e. The maximum atomic E-state index is 12.9. The molecule has 8 nitrogen and oxygen atoms in total. The summed E-state index contributed by atoms with van der Waals surface area (Å²) in [5.41, 5.74) is 0.589. The summed E-state index contributed by atoms with van der Waals surface area (Å²) in [5.74, 6) is -0.610. The molecule has 152 valence electrons. The summed E-state index contributed by atoms with van der Waals surface area (Å²) >= 11 is 0. The second-order valence-corrected chi connectivity index (χ2v) is 8.16. The number of carboxylic acids is 1. The molecule has 8 heteroatoms. The Morgan fingerprint density at radius 3 is 2.46 bits per heavy atom. The molecule has 0 bridgehead atoms. The number of nitro groups is 1. The molecule has 2 saturated heterocycles. The minimum absolute atomic E-state index is 0.101. The lowest BCUT2D eigenvalue weighted by atomic mass is 9.91. The summed E-state index contributed by atoms with van der Waals surface area (Å²) in [6, 6.07) is 3.65. The Morgan fingerprint density at radius 2 is 1.86 bits per heavy atom. The van der Waals surface area contributed by atoms with E-state index in [1.165, 1.54) is 11.0 Å². The third-order valence-electron chi connectivity index (χ3n) is 5.68. The first kappa shape index (κ1) is 20.1. The number of carboxylic acid groups (broad SMARTS) is 1. The lowest BCUT2D eigenvalue weighted by Gasteiger charge is -2.36. The van der Waals surface area contributed by atoms with Gasteiger partial charge in [-0.05, 0) is 49.7 Å². The van der Waals surface area contributed by atoms with Crippen LogP contribution in [0.5, 0.6) is 0 Å². The second kappa shape index (κ2) is 8.16. The molecule has 3 rings (SSSR count). The Hall–Kier alpha value is -2.64. The Labute approximate surface area is 164 Å². The van der Waals surface area contributed by atoms with Gasteiger partial charge in [0.15, 0.2) is 0 Å². The van der Waals surface area contributed by atoms with E-state index in [1.54, 1.807) is 12.1 Å². The van der Waals surface area contributed by atoms with E-state index in [-0.39, 0.29) is 11.3 Å². The van der Waals surface area contributed by atoms with Crippen molar-refractivity contribution in [3.8, 4) is 0 Å². The SMILES string of the molecule is CC1CC(C)CN(c2ccc(C(=O)N3CCCCC3C(=O)O)cc2[N+](=O)[O-])C1. The number of likely N-dealkylation sites (tertiary alicyclic amines) is 1. The van der Waals surface area contributed by atoms with Gasteiger partial charge in [-0.2, -0.15) is 0 Å². The van der Waals surface area contributed by atoms with Crippen LogP contribution in [0.2, 0.25) is 0 Å². The van der Waals surface area contributed by atoms with Crippen LogP contribution in [-0.4, -0.2) is 52.5 Å². The molecule has 0 spiro atoms. The number of hydrogen-bond donors (Lipinski definition) is 1. The number of amides is 1. The molecule has 3 unspecified atom stereocenters. The van der Waals surface area contributed by atoms with Gasteiger partial charge >= 0.3 is 5.97 Å². The molecule has 0 aromatic heterocycles. The van der Waals surface area contributed by atoms with Crippen molar-refractivity contribution < 1.29 is 19.6 Å². The van der Waals surface area contributed by atoms with Crippen LogP contribution in [-0.2, 0) is 4.79 Å². The lowest BCUT2D eigenvalue weighted by molar-refractivity contribution is -0.384. The number of nitrogens with zero attached hydrogens (tertiary/aromatic N) is 3. The van der Waals surface area contributed by atoms with E-state index < -0.39 is 22.8 Å². The highest BCUT2D eigenvalue weighted by Crippen LogP contribution is 2.34. The molecule has 1 amide bonds. The standard InChI is InChI=1S/C20H27N3O5/c1-13-9-14(2)12-21(11-13)16-7-6-15(10-18(16)23(27)28)19(24)22-8-4-3-5-17(22)20(25)26/h6-7,10,13-14,17H,3-5,8-9,11-12H2,1-2H3,(H,25,26). The van der Waals surface area contributed by atoms with Crippen molar-refractivity contribution in [3.05, 3.63) is 33.9 Å². The molecule has 3 atom stereocenters. The van der Waals surface area contributed by atoms with Gasteiger partial charge in [-0.3, -0.25) is 14.9 Å². The van der Waals surface area contributed by atoms with Crippen LogP contribution in [0.15, 0.2) is 18.2 Å². The third kappa shape index (κ3) is 4.10. The molecular formula is C20H27N3O5. The first-order chi connectivity index (χ1) is 13.3. The second-order valence-electron chi connectivity index (χ2n) is 8.16. The van der Waals surface area contributed by atoms with Gasteiger partial charge in [0.2, 0.25) is 0 Å². The van der Waals surface area contributed by atoms with E-state index in [0.717, 1.165) is 32.4 Å². The van der Waals surface area contributed by atoms with Crippen molar-refractivity contribution in [2.45, 2.75) is 45.6 Å². The van der Waals surface area contributed by atoms with E-state index >= 15 is 0 Å². The summed E-state index contributed by atoms with van der Waals surface area (Å²) in [4.78, 5) is 39.0. The van der Waals surface area contributed by atoms with E-state index in [1.807, 2.05) is 4.90 Å². The van der Waals surface area contributed by atoms with Crippen LogP contribution < -0.4 is 4.90 Å². The first-order valence-electron chi connectivity index (χ1n) is 9.85. The number of anilines is 1. The highest BCUT2D eigenvalue weighted by Gasteiger charge is 2.34. The molecule has 1 N–H and O–H groups in total. The van der Waals surface area contributed by atoms with Crippen LogP contribution >= 0.6 is 0 Å². The molecule has 2 heterocycles. The predicted molar refractivity (Wildman–Crippen MR) is 105 cm³/mol. The Balaban J connectivity index is 1.91. The molecule has 0 saturated carbocycles. The molecular weight excluding hydrogens is 362 g/mol. The molecule has 2 aliphatic heterocycles. The quantitative estimate of drug-likeness (QED) is 0.627. The molecule has 1 aromatic rings. The highest BCUT2D eigenvalue weighted by atomic mass is 16.6. The lowest BCUT2D eigenvalue weighted by Crippen LogP contribution is -2.48. The van der Waals surface area contributed by atoms with Gasteiger partial charge in [-0.1, -0.05) is 13.8 Å². The number of nitro benzene ring substituents is 1.